The van der Waals surface area contributed by atoms with Crippen LogP contribution >= 0.6 is 0 Å². The van der Waals surface area contributed by atoms with Gasteiger partial charge in [0, 0.05) is 5.69 Å². The molecule has 138 valence electrons. The zero-order chi connectivity index (χ0) is 19.4. The molecule has 7 nitrogen and oxygen atoms in total. The van der Waals surface area contributed by atoms with Gasteiger partial charge >= 0.3 is 0 Å². The summed E-state index contributed by atoms with van der Waals surface area (Å²) in [6.07, 6.45) is 0. The van der Waals surface area contributed by atoms with Crippen LogP contribution in [-0.4, -0.2) is 29.9 Å². The molecular weight excluding hydrogens is 346 g/mol. The zero-order valence-electron chi connectivity index (χ0n) is 15.0. The minimum absolute atomic E-state index is 0.288. The van der Waals surface area contributed by atoms with E-state index in [1.54, 1.807) is 55.5 Å². The van der Waals surface area contributed by atoms with Crippen molar-refractivity contribution in [3.8, 4) is 5.75 Å². The van der Waals surface area contributed by atoms with Crippen molar-refractivity contribution in [2.75, 3.05) is 16.9 Å². The molecule has 2 aromatic carbocycles. The van der Waals surface area contributed by atoms with Gasteiger partial charge in [-0.3, -0.25) is 14.4 Å². The number of Topliss-reactive ketones (excluding diaryl/α,β-unsaturated/α-hetero) is 1. The molecule has 27 heavy (non-hydrogen) atoms. The normalized spacial score (nSPS) is 16.1. The molecule has 0 fully saturated rings. The van der Waals surface area contributed by atoms with Crippen LogP contribution in [0, 0.1) is 5.92 Å². The van der Waals surface area contributed by atoms with Gasteiger partial charge in [0.15, 0.2) is 0 Å². The van der Waals surface area contributed by atoms with Crippen molar-refractivity contribution in [1.29, 1.82) is 0 Å². The molecule has 0 spiro atoms. The molecule has 0 unspecified atom stereocenters. The van der Waals surface area contributed by atoms with Gasteiger partial charge in [-0.15, -0.1) is 0 Å². The van der Waals surface area contributed by atoms with Crippen molar-refractivity contribution >= 4 is 34.7 Å². The number of ether oxygens (including phenoxy) is 1. The molecule has 1 N–H and O–H groups in total. The van der Waals surface area contributed by atoms with E-state index in [9.17, 15) is 14.4 Å². The Hall–Kier alpha value is -3.48. The smallest absolute Gasteiger partial charge is 0.293 e. The predicted octanol–water partition coefficient (Wildman–Crippen LogP) is 2.63. The Labute approximate surface area is 156 Å². The molecule has 0 aromatic heterocycles. The monoisotopic (exact) mass is 365 g/mol. The van der Waals surface area contributed by atoms with Gasteiger partial charge in [-0.05, 0) is 50.2 Å². The highest BCUT2D eigenvalue weighted by Crippen LogP contribution is 2.24. The highest BCUT2D eigenvalue weighted by Gasteiger charge is 2.42. The number of rotatable bonds is 6. The van der Waals surface area contributed by atoms with Crippen LogP contribution in [0.15, 0.2) is 59.7 Å². The highest BCUT2D eigenvalue weighted by atomic mass is 16.5. The van der Waals surface area contributed by atoms with Crippen LogP contribution in [0.5, 0.6) is 5.75 Å². The van der Waals surface area contributed by atoms with Crippen LogP contribution in [0.25, 0.3) is 0 Å². The number of carbonyl (C=O) groups excluding carboxylic acids is 3. The first-order valence-electron chi connectivity index (χ1n) is 8.53. The van der Waals surface area contributed by atoms with Gasteiger partial charge in [0.1, 0.15) is 11.7 Å². The summed E-state index contributed by atoms with van der Waals surface area (Å²) in [5, 5.41) is 7.82. The summed E-state index contributed by atoms with van der Waals surface area (Å²) in [4.78, 5) is 37.5. The maximum Gasteiger partial charge on any atom is 0.293 e. The first kappa shape index (κ1) is 18.3. The maximum absolute atomic E-state index is 12.6. The number of ketones is 1. The minimum atomic E-state index is -1.21. The Morgan fingerprint density at radius 3 is 2.41 bits per heavy atom. The third kappa shape index (κ3) is 3.87. The van der Waals surface area contributed by atoms with E-state index in [1.807, 2.05) is 13.0 Å². The Balaban J connectivity index is 1.70. The summed E-state index contributed by atoms with van der Waals surface area (Å²) in [6.45, 7) is 3.97. The number of nitrogens with one attached hydrogen (secondary N) is 1. The van der Waals surface area contributed by atoms with Crippen molar-refractivity contribution in [1.82, 2.24) is 0 Å². The van der Waals surface area contributed by atoms with E-state index in [0.29, 0.717) is 23.7 Å². The van der Waals surface area contributed by atoms with E-state index < -0.39 is 23.5 Å². The summed E-state index contributed by atoms with van der Waals surface area (Å²) in [6, 6.07) is 15.4. The SMILES string of the molecule is CCOc1ccc(NC(=O)C(=O)[C@@H]2C(=O)N(c3ccccc3)N=C2C)cc1. The van der Waals surface area contributed by atoms with Crippen LogP contribution in [0.4, 0.5) is 11.4 Å². The number of hydrazone groups is 1. The second-order valence-electron chi connectivity index (χ2n) is 5.94. The highest BCUT2D eigenvalue weighted by molar-refractivity contribution is 6.50. The Kier molecular flexibility index (Phi) is 5.30. The summed E-state index contributed by atoms with van der Waals surface area (Å²) in [7, 11) is 0. The average molecular weight is 365 g/mol. The molecule has 1 aliphatic heterocycles. The molecule has 0 aliphatic carbocycles. The minimum Gasteiger partial charge on any atom is -0.494 e. The molecule has 7 heteroatoms. The third-order valence-electron chi connectivity index (χ3n) is 4.04. The van der Waals surface area contributed by atoms with Crippen molar-refractivity contribution < 1.29 is 19.1 Å². The van der Waals surface area contributed by atoms with Gasteiger partial charge in [-0.2, -0.15) is 10.1 Å². The fourth-order valence-corrected chi connectivity index (χ4v) is 2.75. The van der Waals surface area contributed by atoms with Gasteiger partial charge < -0.3 is 10.1 Å². The molecule has 3 rings (SSSR count). The van der Waals surface area contributed by atoms with E-state index >= 15 is 0 Å². The maximum atomic E-state index is 12.6. The largest absolute Gasteiger partial charge is 0.494 e. The van der Waals surface area contributed by atoms with E-state index in [1.165, 1.54) is 0 Å². The molecule has 0 bridgehead atoms. The van der Waals surface area contributed by atoms with E-state index in [2.05, 4.69) is 10.4 Å². The van der Waals surface area contributed by atoms with Crippen LogP contribution in [0.3, 0.4) is 0 Å². The van der Waals surface area contributed by atoms with Crippen LogP contribution in [0.2, 0.25) is 0 Å². The van der Waals surface area contributed by atoms with Gasteiger partial charge in [0.05, 0.1) is 18.0 Å². The standard InChI is InChI=1S/C20H19N3O4/c1-3-27-16-11-9-14(10-12-16)21-19(25)18(24)17-13(2)22-23(20(17)26)15-7-5-4-6-8-15/h4-12,17H,3H2,1-2H3,(H,21,25)/t17-/m1/s1. The second kappa shape index (κ2) is 7.82. The summed E-state index contributed by atoms with van der Waals surface area (Å²) < 4.78 is 5.33. The Morgan fingerprint density at radius 2 is 1.78 bits per heavy atom. The predicted molar refractivity (Wildman–Crippen MR) is 102 cm³/mol. The number of para-hydroxylation sites is 1. The number of hydrogen-bond donors (Lipinski definition) is 1. The summed E-state index contributed by atoms with van der Waals surface area (Å²) in [5.41, 5.74) is 1.27. The van der Waals surface area contributed by atoms with Gasteiger partial charge in [0.2, 0.25) is 5.78 Å². The molecule has 2 aromatic rings. The molecule has 2 amide bonds. The topological polar surface area (TPSA) is 88.1 Å². The van der Waals surface area contributed by atoms with E-state index in [0.717, 1.165) is 5.01 Å². The summed E-state index contributed by atoms with van der Waals surface area (Å²) in [5.74, 6) is -2.79. The van der Waals surface area contributed by atoms with Crippen molar-refractivity contribution in [3.63, 3.8) is 0 Å². The number of carbonyl (C=O) groups is 3. The number of benzene rings is 2. The third-order valence-corrected chi connectivity index (χ3v) is 4.04. The molecule has 1 atom stereocenters. The van der Waals surface area contributed by atoms with Gasteiger partial charge in [-0.25, -0.2) is 0 Å². The second-order valence-corrected chi connectivity index (χ2v) is 5.94. The first-order valence-corrected chi connectivity index (χ1v) is 8.53. The van der Waals surface area contributed by atoms with E-state index in [-0.39, 0.29) is 5.71 Å². The van der Waals surface area contributed by atoms with Gasteiger partial charge in [0.25, 0.3) is 11.8 Å². The van der Waals surface area contributed by atoms with E-state index in [4.69, 9.17) is 4.74 Å². The molecule has 0 saturated heterocycles. The number of nitrogens with zero attached hydrogens (tertiary/aromatic N) is 2. The van der Waals surface area contributed by atoms with Crippen LogP contribution in [-0.2, 0) is 14.4 Å². The van der Waals surface area contributed by atoms with Crippen LogP contribution < -0.4 is 15.1 Å². The number of hydrogen-bond acceptors (Lipinski definition) is 5. The van der Waals surface area contributed by atoms with Crippen molar-refractivity contribution in [3.05, 3.63) is 54.6 Å². The molecule has 0 radical (unpaired) electrons. The quantitative estimate of drug-likeness (QED) is 0.630. The zero-order valence-corrected chi connectivity index (χ0v) is 15.0. The molecule has 0 saturated carbocycles. The Morgan fingerprint density at radius 1 is 1.11 bits per heavy atom. The average Bonchev–Trinajstić information content (AvgIpc) is 2.98. The van der Waals surface area contributed by atoms with Crippen LogP contribution in [0.1, 0.15) is 13.8 Å². The van der Waals surface area contributed by atoms with Crippen molar-refractivity contribution in [2.24, 2.45) is 11.0 Å². The lowest BCUT2D eigenvalue weighted by molar-refractivity contribution is -0.138. The first-order chi connectivity index (χ1) is 13.0. The number of amides is 2. The molecule has 1 heterocycles. The lowest BCUT2D eigenvalue weighted by atomic mass is 9.98. The molecular formula is C20H19N3O4. The molecule has 1 aliphatic rings. The lowest BCUT2D eigenvalue weighted by Gasteiger charge is -2.13. The fraction of sp³-hybridized carbons (Fsp3) is 0.200. The lowest BCUT2D eigenvalue weighted by Crippen LogP contribution is -2.38. The van der Waals surface area contributed by atoms with Crippen molar-refractivity contribution in [2.45, 2.75) is 13.8 Å². The fourth-order valence-electron chi connectivity index (χ4n) is 2.75. The Bertz CT molecular complexity index is 891. The van der Waals surface area contributed by atoms with Gasteiger partial charge in [-0.1, -0.05) is 18.2 Å². The summed E-state index contributed by atoms with van der Waals surface area (Å²) >= 11 is 0. The number of anilines is 2.